The summed E-state index contributed by atoms with van der Waals surface area (Å²) in [4.78, 5) is 0. The molecule has 0 aliphatic rings. The van der Waals surface area contributed by atoms with Crippen LogP contribution in [0, 0.1) is 11.3 Å². The lowest BCUT2D eigenvalue weighted by atomic mass is 9.99. The summed E-state index contributed by atoms with van der Waals surface area (Å²) >= 11 is 0. The first-order valence-corrected chi connectivity index (χ1v) is 7.12. The van der Waals surface area contributed by atoms with Crippen molar-refractivity contribution in [3.63, 3.8) is 0 Å². The summed E-state index contributed by atoms with van der Waals surface area (Å²) in [6, 6.07) is 18.4. The molecule has 0 radical (unpaired) electrons. The van der Waals surface area contributed by atoms with E-state index in [1.54, 1.807) is 31.2 Å². The molecule has 0 heterocycles. The molecule has 114 valence electrons. The summed E-state index contributed by atoms with van der Waals surface area (Å²) in [5, 5.41) is 9.18. The predicted octanol–water partition coefficient (Wildman–Crippen LogP) is 5.82. The molecule has 0 amide bonds. The summed E-state index contributed by atoms with van der Waals surface area (Å²) in [7, 11) is 0. The Morgan fingerprint density at radius 3 is 2.22 bits per heavy atom. The molecular formula is C20H16FNO. The minimum absolute atomic E-state index is 0.0285. The molecule has 0 N–H and O–H groups in total. The van der Waals surface area contributed by atoms with E-state index < -0.39 is 5.83 Å². The van der Waals surface area contributed by atoms with Crippen LogP contribution in [0.15, 0.2) is 84.7 Å². The zero-order valence-electron chi connectivity index (χ0n) is 12.8. The van der Waals surface area contributed by atoms with E-state index in [1.807, 2.05) is 36.4 Å². The Labute approximate surface area is 135 Å². The number of ether oxygens (including phenoxy) is 1. The van der Waals surface area contributed by atoms with Crippen molar-refractivity contribution < 1.29 is 9.13 Å². The lowest BCUT2D eigenvalue weighted by molar-refractivity contribution is 0.482. The fraction of sp³-hybridized carbons (Fsp3) is 0.0500. The molecule has 0 atom stereocenters. The molecule has 0 saturated carbocycles. The van der Waals surface area contributed by atoms with Crippen molar-refractivity contribution in [1.82, 2.24) is 0 Å². The molecule has 0 aliphatic carbocycles. The first-order chi connectivity index (χ1) is 11.2. The molecule has 0 unspecified atom stereocenters. The molecule has 2 aromatic rings. The van der Waals surface area contributed by atoms with Gasteiger partial charge in [0, 0.05) is 5.57 Å². The van der Waals surface area contributed by atoms with Gasteiger partial charge in [-0.1, -0.05) is 49.1 Å². The van der Waals surface area contributed by atoms with Gasteiger partial charge in [-0.15, -0.1) is 0 Å². The second kappa shape index (κ2) is 7.77. The van der Waals surface area contributed by atoms with Crippen LogP contribution in [-0.2, 0) is 0 Å². The number of nitrogens with zero attached hydrogens (tertiary/aromatic N) is 1. The fourth-order valence-electron chi connectivity index (χ4n) is 2.08. The van der Waals surface area contributed by atoms with Gasteiger partial charge < -0.3 is 4.74 Å². The number of nitriles is 1. The molecule has 0 spiro atoms. The highest BCUT2D eigenvalue weighted by molar-refractivity contribution is 5.81. The molecule has 0 aliphatic heterocycles. The van der Waals surface area contributed by atoms with E-state index in [0.29, 0.717) is 16.9 Å². The van der Waals surface area contributed by atoms with E-state index in [1.165, 1.54) is 12.2 Å². The zero-order valence-corrected chi connectivity index (χ0v) is 12.8. The first-order valence-electron chi connectivity index (χ1n) is 7.12. The van der Waals surface area contributed by atoms with E-state index in [0.717, 1.165) is 5.75 Å². The maximum atomic E-state index is 13.8. The average molecular weight is 305 g/mol. The van der Waals surface area contributed by atoms with E-state index in [4.69, 9.17) is 4.74 Å². The third-order valence-electron chi connectivity index (χ3n) is 3.22. The molecule has 0 aromatic heterocycles. The molecule has 0 saturated heterocycles. The van der Waals surface area contributed by atoms with Crippen LogP contribution >= 0.6 is 0 Å². The molecular weight excluding hydrogens is 289 g/mol. The highest BCUT2D eigenvalue weighted by Gasteiger charge is 2.11. The molecule has 23 heavy (non-hydrogen) atoms. The largest absolute Gasteiger partial charge is 0.457 e. The van der Waals surface area contributed by atoms with Crippen LogP contribution in [0.3, 0.4) is 0 Å². The standard InChI is InChI=1S/C20H16FNO/c1-3-18(19(14-22)20(21)4-2)15-10-12-17(13-11-15)23-16-8-6-5-7-9-16/h3-13H,1H2,2H3/b19-18+,20-4+. The number of benzene rings is 2. The lowest BCUT2D eigenvalue weighted by Gasteiger charge is -2.08. The number of rotatable bonds is 5. The van der Waals surface area contributed by atoms with Gasteiger partial charge in [0.15, 0.2) is 0 Å². The van der Waals surface area contributed by atoms with Gasteiger partial charge in [0.25, 0.3) is 0 Å². The highest BCUT2D eigenvalue weighted by Crippen LogP contribution is 2.28. The van der Waals surface area contributed by atoms with Crippen LogP contribution < -0.4 is 4.74 Å². The topological polar surface area (TPSA) is 33.0 Å². The number of hydrogen-bond acceptors (Lipinski definition) is 2. The summed E-state index contributed by atoms with van der Waals surface area (Å²) in [5.41, 5.74) is 1.13. The Hall–Kier alpha value is -3.12. The molecule has 2 rings (SSSR count). The van der Waals surface area contributed by atoms with Gasteiger partial charge >= 0.3 is 0 Å². The monoisotopic (exact) mass is 305 g/mol. The van der Waals surface area contributed by atoms with Crippen molar-refractivity contribution in [1.29, 1.82) is 5.26 Å². The Morgan fingerprint density at radius 1 is 1.09 bits per heavy atom. The van der Waals surface area contributed by atoms with Crippen molar-refractivity contribution in [3.05, 3.63) is 90.3 Å². The summed E-state index contributed by atoms with van der Waals surface area (Å²) in [6.45, 7) is 5.22. The molecule has 2 nitrogen and oxygen atoms in total. The van der Waals surface area contributed by atoms with Crippen LogP contribution in [-0.4, -0.2) is 0 Å². The van der Waals surface area contributed by atoms with Crippen molar-refractivity contribution in [3.8, 4) is 17.6 Å². The summed E-state index contributed by atoms with van der Waals surface area (Å²) in [5.74, 6) is 0.831. The Kier molecular flexibility index (Phi) is 5.49. The van der Waals surface area contributed by atoms with Gasteiger partial charge in [0.05, 0.1) is 5.57 Å². The van der Waals surface area contributed by atoms with Gasteiger partial charge in [0.2, 0.25) is 0 Å². The molecule has 3 heteroatoms. The normalized spacial score (nSPS) is 12.1. The van der Waals surface area contributed by atoms with Crippen molar-refractivity contribution in [2.24, 2.45) is 0 Å². The van der Waals surface area contributed by atoms with Gasteiger partial charge in [-0.25, -0.2) is 4.39 Å². The van der Waals surface area contributed by atoms with Crippen molar-refractivity contribution in [2.45, 2.75) is 6.92 Å². The van der Waals surface area contributed by atoms with Gasteiger partial charge in [-0.3, -0.25) is 0 Å². The van der Waals surface area contributed by atoms with Gasteiger partial charge in [-0.05, 0) is 36.8 Å². The number of allylic oxidation sites excluding steroid dienone is 5. The third kappa shape index (κ3) is 3.96. The maximum Gasteiger partial charge on any atom is 0.137 e. The molecule has 0 bridgehead atoms. The molecule has 2 aromatic carbocycles. The third-order valence-corrected chi connectivity index (χ3v) is 3.22. The Morgan fingerprint density at radius 2 is 1.70 bits per heavy atom. The van der Waals surface area contributed by atoms with Crippen LogP contribution in [0.2, 0.25) is 0 Å². The Bertz CT molecular complexity index is 781. The second-order valence-corrected chi connectivity index (χ2v) is 4.68. The number of hydrogen-bond donors (Lipinski definition) is 0. The zero-order chi connectivity index (χ0) is 16.7. The number of para-hydroxylation sites is 1. The minimum Gasteiger partial charge on any atom is -0.457 e. The van der Waals surface area contributed by atoms with Crippen LogP contribution in [0.1, 0.15) is 12.5 Å². The SMILES string of the molecule is C=C/C(=C(C#N)\C(F)=C/C)c1ccc(Oc2ccccc2)cc1. The quantitative estimate of drug-likeness (QED) is 0.515. The summed E-state index contributed by atoms with van der Waals surface area (Å²) in [6.07, 6.45) is 2.74. The van der Waals surface area contributed by atoms with E-state index in [-0.39, 0.29) is 5.57 Å². The van der Waals surface area contributed by atoms with Gasteiger partial charge in [0.1, 0.15) is 23.4 Å². The smallest absolute Gasteiger partial charge is 0.137 e. The number of halogens is 1. The van der Waals surface area contributed by atoms with Gasteiger partial charge in [-0.2, -0.15) is 5.26 Å². The minimum atomic E-state index is -0.563. The van der Waals surface area contributed by atoms with E-state index in [2.05, 4.69) is 6.58 Å². The highest BCUT2D eigenvalue weighted by atomic mass is 19.1. The predicted molar refractivity (Wildman–Crippen MR) is 90.6 cm³/mol. The fourth-order valence-corrected chi connectivity index (χ4v) is 2.08. The van der Waals surface area contributed by atoms with Crippen LogP contribution in [0.4, 0.5) is 4.39 Å². The maximum absolute atomic E-state index is 13.8. The lowest BCUT2D eigenvalue weighted by Crippen LogP contribution is -1.90. The second-order valence-electron chi connectivity index (χ2n) is 4.68. The van der Waals surface area contributed by atoms with Crippen LogP contribution in [0.5, 0.6) is 11.5 Å². The van der Waals surface area contributed by atoms with E-state index >= 15 is 0 Å². The van der Waals surface area contributed by atoms with E-state index in [9.17, 15) is 9.65 Å². The molecule has 0 fully saturated rings. The Balaban J connectivity index is 2.33. The average Bonchev–Trinajstić information content (AvgIpc) is 2.60. The van der Waals surface area contributed by atoms with Crippen molar-refractivity contribution in [2.75, 3.05) is 0 Å². The first kappa shape index (κ1) is 16.3. The van der Waals surface area contributed by atoms with Crippen LogP contribution in [0.25, 0.3) is 5.57 Å². The summed E-state index contributed by atoms with van der Waals surface area (Å²) < 4.78 is 19.5. The van der Waals surface area contributed by atoms with Crippen molar-refractivity contribution >= 4 is 5.57 Å².